The minimum atomic E-state index is -0.324. The first-order valence-electron chi connectivity index (χ1n) is 11.5. The fourth-order valence-corrected chi connectivity index (χ4v) is 5.26. The summed E-state index contributed by atoms with van der Waals surface area (Å²) >= 11 is 1.33. The zero-order valence-electron chi connectivity index (χ0n) is 21.5. The van der Waals surface area contributed by atoms with Gasteiger partial charge in [-0.1, -0.05) is 41.7 Å². The van der Waals surface area contributed by atoms with E-state index in [1.807, 2.05) is 36.4 Å². The van der Waals surface area contributed by atoms with Gasteiger partial charge in [0.25, 0.3) is 5.91 Å². The number of rotatable bonds is 8. The van der Waals surface area contributed by atoms with Crippen molar-refractivity contribution in [2.75, 3.05) is 40.4 Å². The first-order chi connectivity index (χ1) is 18.5. The third-order valence-electron chi connectivity index (χ3n) is 5.97. The van der Waals surface area contributed by atoms with Crippen LogP contribution in [-0.2, 0) is 4.79 Å². The number of aliphatic imine (C=N–C) groups is 1. The Bertz CT molecular complexity index is 1510. The molecule has 2 heterocycles. The van der Waals surface area contributed by atoms with Crippen LogP contribution >= 0.6 is 11.3 Å². The second-order valence-electron chi connectivity index (χ2n) is 8.07. The van der Waals surface area contributed by atoms with Gasteiger partial charge in [-0.3, -0.25) is 4.79 Å². The molecule has 0 atom stereocenters. The van der Waals surface area contributed by atoms with Crippen LogP contribution in [0.3, 0.4) is 0 Å². The van der Waals surface area contributed by atoms with Crippen molar-refractivity contribution in [3.8, 4) is 28.7 Å². The van der Waals surface area contributed by atoms with Crippen LogP contribution in [0.4, 0.5) is 5.13 Å². The molecule has 10 heteroatoms. The number of anilines is 1. The Labute approximate surface area is 223 Å². The lowest BCUT2D eigenvalue weighted by Gasteiger charge is -2.15. The van der Waals surface area contributed by atoms with Crippen LogP contribution in [0.2, 0.25) is 0 Å². The van der Waals surface area contributed by atoms with E-state index in [1.54, 1.807) is 38.5 Å². The number of amidine groups is 1. The quantitative estimate of drug-likeness (QED) is 0.290. The summed E-state index contributed by atoms with van der Waals surface area (Å²) in [5.74, 6) is 2.77. The molecule has 0 radical (unpaired) electrons. The topological polar surface area (TPSA) is 91.7 Å². The maximum absolute atomic E-state index is 13.9. The fraction of sp³-hybridized carbons (Fsp3) is 0.179. The lowest BCUT2D eigenvalue weighted by molar-refractivity contribution is -0.113. The molecule has 4 aromatic rings. The Morgan fingerprint density at radius 2 is 1.42 bits per heavy atom. The van der Waals surface area contributed by atoms with Crippen LogP contribution in [0.25, 0.3) is 16.3 Å². The van der Waals surface area contributed by atoms with Crippen LogP contribution in [-0.4, -0.2) is 52.3 Å². The number of hydrogen-bond donors (Lipinski definition) is 0. The van der Waals surface area contributed by atoms with Crippen molar-refractivity contribution in [3.05, 3.63) is 71.4 Å². The van der Waals surface area contributed by atoms with Crippen LogP contribution in [0.5, 0.6) is 28.7 Å². The van der Waals surface area contributed by atoms with E-state index in [9.17, 15) is 4.79 Å². The van der Waals surface area contributed by atoms with Crippen LogP contribution in [0, 0.1) is 0 Å². The van der Waals surface area contributed by atoms with E-state index < -0.39 is 0 Å². The number of fused-ring (bicyclic) bond motifs is 1. The summed E-state index contributed by atoms with van der Waals surface area (Å²) in [6, 6.07) is 16.6. The van der Waals surface area contributed by atoms with E-state index in [4.69, 9.17) is 33.7 Å². The van der Waals surface area contributed by atoms with E-state index in [-0.39, 0.29) is 11.6 Å². The minimum absolute atomic E-state index is 0.233. The summed E-state index contributed by atoms with van der Waals surface area (Å²) in [4.78, 5) is 24.9. The Morgan fingerprint density at radius 3 is 2.03 bits per heavy atom. The Hall–Kier alpha value is -4.57. The molecule has 0 fully saturated rings. The van der Waals surface area contributed by atoms with Crippen molar-refractivity contribution in [3.63, 3.8) is 0 Å². The molecule has 1 aliphatic rings. The van der Waals surface area contributed by atoms with Crippen molar-refractivity contribution in [2.24, 2.45) is 4.99 Å². The Morgan fingerprint density at radius 1 is 0.789 bits per heavy atom. The number of hydrogen-bond acceptors (Lipinski definition) is 9. The number of methoxy groups -OCH3 is 5. The molecule has 1 aliphatic heterocycles. The maximum Gasteiger partial charge on any atom is 0.284 e. The first-order valence-corrected chi connectivity index (χ1v) is 12.4. The van der Waals surface area contributed by atoms with Gasteiger partial charge in [0.15, 0.2) is 16.6 Å². The summed E-state index contributed by atoms with van der Waals surface area (Å²) in [5, 5.41) is 0.448. The number of carbonyl (C=O) groups excluding carboxylic acids is 1. The predicted molar refractivity (Wildman–Crippen MR) is 147 cm³/mol. The lowest BCUT2D eigenvalue weighted by Crippen LogP contribution is -2.32. The van der Waals surface area contributed by atoms with Gasteiger partial charge < -0.3 is 23.7 Å². The Kier molecular flexibility index (Phi) is 6.89. The van der Waals surface area contributed by atoms with Gasteiger partial charge in [-0.2, -0.15) is 0 Å². The van der Waals surface area contributed by atoms with Gasteiger partial charge in [0, 0.05) is 5.56 Å². The van der Waals surface area contributed by atoms with Gasteiger partial charge >= 0.3 is 0 Å². The van der Waals surface area contributed by atoms with E-state index in [1.165, 1.54) is 37.6 Å². The molecule has 0 bridgehead atoms. The van der Waals surface area contributed by atoms with E-state index in [2.05, 4.69) is 0 Å². The number of benzene rings is 3. The monoisotopic (exact) mass is 531 g/mol. The smallest absolute Gasteiger partial charge is 0.284 e. The van der Waals surface area contributed by atoms with Gasteiger partial charge in [-0.05, 0) is 35.9 Å². The molecule has 3 aromatic carbocycles. The van der Waals surface area contributed by atoms with Gasteiger partial charge in [0.2, 0.25) is 5.75 Å². The molecule has 0 saturated carbocycles. The summed E-state index contributed by atoms with van der Waals surface area (Å²) in [7, 11) is 7.79. The third-order valence-corrected chi connectivity index (χ3v) is 7.03. The van der Waals surface area contributed by atoms with Gasteiger partial charge in [-0.25, -0.2) is 14.9 Å². The highest BCUT2D eigenvalue weighted by molar-refractivity contribution is 7.23. The highest BCUT2D eigenvalue weighted by Crippen LogP contribution is 2.42. The molecular formula is C28H25N3O6S. The first kappa shape index (κ1) is 25.1. The van der Waals surface area contributed by atoms with Crippen molar-refractivity contribution >= 4 is 44.5 Å². The number of thiazole rings is 1. The summed E-state index contributed by atoms with van der Waals surface area (Å²) in [5.41, 5.74) is 2.27. The van der Waals surface area contributed by atoms with Gasteiger partial charge in [-0.15, -0.1) is 0 Å². The molecule has 9 nitrogen and oxygen atoms in total. The minimum Gasteiger partial charge on any atom is -0.495 e. The highest BCUT2D eigenvalue weighted by atomic mass is 32.1. The normalized spacial score (nSPS) is 14.1. The number of carbonyl (C=O) groups is 1. The maximum atomic E-state index is 13.9. The van der Waals surface area contributed by atoms with Crippen molar-refractivity contribution in [2.45, 2.75) is 0 Å². The van der Waals surface area contributed by atoms with E-state index >= 15 is 0 Å². The Balaban J connectivity index is 1.66. The summed E-state index contributed by atoms with van der Waals surface area (Å²) in [6.45, 7) is 0. The molecule has 1 aromatic heterocycles. The molecule has 0 saturated heterocycles. The van der Waals surface area contributed by atoms with E-state index in [0.717, 1.165) is 10.3 Å². The molecular weight excluding hydrogens is 506 g/mol. The summed E-state index contributed by atoms with van der Waals surface area (Å²) in [6.07, 6.45) is 1.68. The second kappa shape index (κ2) is 10.4. The average molecular weight is 532 g/mol. The molecule has 1 amide bonds. The zero-order valence-corrected chi connectivity index (χ0v) is 22.3. The van der Waals surface area contributed by atoms with Gasteiger partial charge in [0.1, 0.15) is 33.2 Å². The number of amides is 1. The van der Waals surface area contributed by atoms with E-state index in [0.29, 0.717) is 50.8 Å². The summed E-state index contributed by atoms with van der Waals surface area (Å²) < 4.78 is 28.2. The molecule has 0 unspecified atom stereocenters. The van der Waals surface area contributed by atoms with Crippen molar-refractivity contribution in [1.82, 2.24) is 4.98 Å². The molecule has 0 N–H and O–H groups in total. The highest BCUT2D eigenvalue weighted by Gasteiger charge is 2.35. The second-order valence-corrected chi connectivity index (χ2v) is 9.05. The number of aromatic nitrogens is 1. The third kappa shape index (κ3) is 4.28. The van der Waals surface area contributed by atoms with Gasteiger partial charge in [0.05, 0.1) is 35.5 Å². The SMILES string of the molecule is COc1cc(/C=C2\N=C(c3ccccc3)N(c3nc4c(OC)ccc(OC)c4s3)C2=O)cc(OC)c1OC. The van der Waals surface area contributed by atoms with Crippen LogP contribution in [0.15, 0.2) is 65.3 Å². The van der Waals surface area contributed by atoms with Crippen LogP contribution in [0.1, 0.15) is 11.1 Å². The largest absolute Gasteiger partial charge is 0.495 e. The van der Waals surface area contributed by atoms with Crippen LogP contribution < -0.4 is 28.6 Å². The molecule has 5 rings (SSSR count). The van der Waals surface area contributed by atoms with Crippen molar-refractivity contribution < 1.29 is 28.5 Å². The van der Waals surface area contributed by atoms with Crippen molar-refractivity contribution in [1.29, 1.82) is 0 Å². The molecule has 0 aliphatic carbocycles. The fourth-order valence-electron chi connectivity index (χ4n) is 4.19. The number of ether oxygens (including phenoxy) is 5. The predicted octanol–water partition coefficient (Wildman–Crippen LogP) is 5.17. The molecule has 194 valence electrons. The standard InChI is InChI=1S/C28H25N3O6S/c1-33-19-11-12-20(34-2)25-23(19)30-28(38-25)31-26(17-9-7-6-8-10-17)29-18(27(31)32)13-16-14-21(35-3)24(37-5)22(15-16)36-4/h6-15H,1-5H3/b18-13-. The lowest BCUT2D eigenvalue weighted by atomic mass is 10.1. The molecule has 38 heavy (non-hydrogen) atoms. The zero-order chi connectivity index (χ0) is 26.8. The number of nitrogens with zero attached hydrogens (tertiary/aromatic N) is 3. The molecule has 0 spiro atoms. The average Bonchev–Trinajstić information content (AvgIpc) is 3.53.